The van der Waals surface area contributed by atoms with Crippen molar-refractivity contribution < 1.29 is 39.0 Å². The van der Waals surface area contributed by atoms with Gasteiger partial charge in [-0.15, -0.1) is 0 Å². The lowest BCUT2D eigenvalue weighted by Crippen LogP contribution is -2.58. The molecule has 0 heterocycles. The Hall–Kier alpha value is -3.22. The van der Waals surface area contributed by atoms with Crippen LogP contribution < -0.4 is 27.4 Å². The van der Waals surface area contributed by atoms with Crippen molar-refractivity contribution in [3.8, 4) is 0 Å². The predicted molar refractivity (Wildman–Crippen MR) is 112 cm³/mol. The van der Waals surface area contributed by atoms with Crippen LogP contribution in [0, 0.1) is 5.92 Å². The van der Waals surface area contributed by atoms with E-state index in [0.717, 1.165) is 0 Å². The molecule has 4 amide bonds. The van der Waals surface area contributed by atoms with Gasteiger partial charge in [0, 0.05) is 12.8 Å². The number of primary amides is 1. The van der Waals surface area contributed by atoms with Crippen LogP contribution in [0.1, 0.15) is 52.9 Å². The minimum atomic E-state index is -1.44. The highest BCUT2D eigenvalue weighted by Crippen LogP contribution is 2.10. The highest BCUT2D eigenvalue weighted by molar-refractivity contribution is 5.94. The van der Waals surface area contributed by atoms with Crippen molar-refractivity contribution in [2.75, 3.05) is 0 Å². The van der Waals surface area contributed by atoms with E-state index < -0.39 is 72.1 Å². The van der Waals surface area contributed by atoms with E-state index in [0.29, 0.717) is 6.42 Å². The van der Waals surface area contributed by atoms with Crippen LogP contribution in [0.5, 0.6) is 0 Å². The summed E-state index contributed by atoms with van der Waals surface area (Å²) in [5.41, 5.74) is 10.7. The Morgan fingerprint density at radius 2 is 1.44 bits per heavy atom. The van der Waals surface area contributed by atoms with E-state index in [4.69, 9.17) is 16.6 Å². The Bertz CT molecular complexity index is 714. The van der Waals surface area contributed by atoms with Gasteiger partial charge in [0.1, 0.15) is 18.1 Å². The SMILES string of the molecule is CCC(C)C(NC(=O)C(C)NC(=O)C(N)CCC(N)=O)C(=O)NC(CCC(=O)O)C(=O)O. The second-order valence-electron chi connectivity index (χ2n) is 7.55. The molecule has 0 aromatic rings. The standard InChI is InChI=1S/C19H33N5O8/c1-4-9(2)15(18(30)23-12(19(31)32)6-8-14(26)27)24-16(28)10(3)22-17(29)11(20)5-7-13(21)25/h9-12,15H,4-8,20H2,1-3H3,(H2,21,25)(H,22,29)(H,23,30)(H,24,28)(H,26,27)(H,31,32). The van der Waals surface area contributed by atoms with Crippen molar-refractivity contribution in [1.82, 2.24) is 16.0 Å². The average Bonchev–Trinajstić information content (AvgIpc) is 2.71. The lowest BCUT2D eigenvalue weighted by Gasteiger charge is -2.27. The number of carboxylic acid groups (broad SMARTS) is 2. The molecule has 9 N–H and O–H groups in total. The van der Waals surface area contributed by atoms with Crippen LogP contribution >= 0.6 is 0 Å². The zero-order valence-electron chi connectivity index (χ0n) is 18.4. The molecule has 0 saturated carbocycles. The topological polar surface area (TPSA) is 231 Å². The Kier molecular flexibility index (Phi) is 12.6. The molecule has 0 aromatic heterocycles. The average molecular weight is 460 g/mol. The molecule has 0 bridgehead atoms. The maximum Gasteiger partial charge on any atom is 0.326 e. The zero-order chi connectivity index (χ0) is 25.0. The molecule has 182 valence electrons. The van der Waals surface area contributed by atoms with Gasteiger partial charge in [0.2, 0.25) is 23.6 Å². The Labute approximate surface area is 185 Å². The monoisotopic (exact) mass is 459 g/mol. The molecule has 0 radical (unpaired) electrons. The van der Waals surface area contributed by atoms with Gasteiger partial charge in [-0.05, 0) is 25.7 Å². The van der Waals surface area contributed by atoms with Gasteiger partial charge in [-0.2, -0.15) is 0 Å². The lowest BCUT2D eigenvalue weighted by atomic mass is 9.97. The van der Waals surface area contributed by atoms with E-state index in [1.54, 1.807) is 13.8 Å². The number of hydrogen-bond acceptors (Lipinski definition) is 7. The second-order valence-corrected chi connectivity index (χ2v) is 7.55. The number of nitrogens with one attached hydrogen (secondary N) is 3. The molecule has 0 aromatic carbocycles. The van der Waals surface area contributed by atoms with E-state index in [1.165, 1.54) is 6.92 Å². The summed E-state index contributed by atoms with van der Waals surface area (Å²) in [5.74, 6) is -5.81. The van der Waals surface area contributed by atoms with Gasteiger partial charge in [-0.3, -0.25) is 24.0 Å². The number of carboxylic acids is 2. The van der Waals surface area contributed by atoms with Gasteiger partial charge in [-0.25, -0.2) is 4.79 Å². The van der Waals surface area contributed by atoms with Crippen LogP contribution in [-0.4, -0.2) is 69.9 Å². The second kappa shape index (κ2) is 14.0. The number of carbonyl (C=O) groups is 6. The van der Waals surface area contributed by atoms with Crippen molar-refractivity contribution in [2.24, 2.45) is 17.4 Å². The minimum Gasteiger partial charge on any atom is -0.481 e. The van der Waals surface area contributed by atoms with Crippen LogP contribution in [0.3, 0.4) is 0 Å². The largest absolute Gasteiger partial charge is 0.481 e. The zero-order valence-corrected chi connectivity index (χ0v) is 18.4. The molecule has 5 unspecified atom stereocenters. The molecule has 0 saturated heterocycles. The highest BCUT2D eigenvalue weighted by atomic mass is 16.4. The Morgan fingerprint density at radius 3 is 1.91 bits per heavy atom. The van der Waals surface area contributed by atoms with E-state index in [-0.39, 0.29) is 19.3 Å². The van der Waals surface area contributed by atoms with E-state index in [9.17, 15) is 33.9 Å². The molecule has 5 atom stereocenters. The van der Waals surface area contributed by atoms with Crippen LogP contribution in [-0.2, 0) is 28.8 Å². The van der Waals surface area contributed by atoms with Gasteiger partial charge in [0.05, 0.1) is 6.04 Å². The quantitative estimate of drug-likeness (QED) is 0.144. The van der Waals surface area contributed by atoms with Crippen molar-refractivity contribution in [3.63, 3.8) is 0 Å². The van der Waals surface area contributed by atoms with Crippen LogP contribution in [0.15, 0.2) is 0 Å². The number of aliphatic carboxylic acids is 2. The maximum atomic E-state index is 12.7. The number of nitrogens with two attached hydrogens (primary N) is 2. The number of carbonyl (C=O) groups excluding carboxylic acids is 4. The fourth-order valence-corrected chi connectivity index (χ4v) is 2.58. The third-order valence-electron chi connectivity index (χ3n) is 4.85. The molecule has 0 spiro atoms. The summed E-state index contributed by atoms with van der Waals surface area (Å²) in [4.78, 5) is 70.1. The summed E-state index contributed by atoms with van der Waals surface area (Å²) < 4.78 is 0. The molecule has 0 aliphatic rings. The lowest BCUT2D eigenvalue weighted by molar-refractivity contribution is -0.143. The molecule has 0 aliphatic carbocycles. The maximum absolute atomic E-state index is 12.7. The summed E-state index contributed by atoms with van der Waals surface area (Å²) in [6, 6.07) is -4.70. The van der Waals surface area contributed by atoms with E-state index >= 15 is 0 Å². The normalized spacial score (nSPS) is 15.4. The number of amides is 4. The third-order valence-corrected chi connectivity index (χ3v) is 4.85. The first-order valence-corrected chi connectivity index (χ1v) is 10.2. The van der Waals surface area contributed by atoms with Gasteiger partial charge >= 0.3 is 11.9 Å². The van der Waals surface area contributed by atoms with E-state index in [1.807, 2.05) is 0 Å². The molecule has 0 aliphatic heterocycles. The third kappa shape index (κ3) is 10.7. The first-order chi connectivity index (χ1) is 14.8. The van der Waals surface area contributed by atoms with Crippen molar-refractivity contribution in [3.05, 3.63) is 0 Å². The van der Waals surface area contributed by atoms with E-state index in [2.05, 4.69) is 16.0 Å². The van der Waals surface area contributed by atoms with Crippen molar-refractivity contribution in [2.45, 2.75) is 77.0 Å². The minimum absolute atomic E-state index is 0.000322. The summed E-state index contributed by atoms with van der Waals surface area (Å²) in [6.07, 6.45) is -0.424. The van der Waals surface area contributed by atoms with Gasteiger partial charge in [0.15, 0.2) is 0 Å². The fraction of sp³-hybridized carbons (Fsp3) is 0.684. The molecule has 0 rings (SSSR count). The summed E-state index contributed by atoms with van der Waals surface area (Å²) in [5, 5.41) is 25.1. The fourth-order valence-electron chi connectivity index (χ4n) is 2.58. The molecule has 13 nitrogen and oxygen atoms in total. The van der Waals surface area contributed by atoms with Crippen molar-refractivity contribution >= 4 is 35.6 Å². The van der Waals surface area contributed by atoms with Crippen LogP contribution in [0.25, 0.3) is 0 Å². The van der Waals surface area contributed by atoms with Gasteiger partial charge in [0.25, 0.3) is 0 Å². The molecular weight excluding hydrogens is 426 g/mol. The molecular formula is C19H33N5O8. The van der Waals surface area contributed by atoms with Gasteiger partial charge < -0.3 is 37.6 Å². The smallest absolute Gasteiger partial charge is 0.326 e. The van der Waals surface area contributed by atoms with Crippen molar-refractivity contribution in [1.29, 1.82) is 0 Å². The number of hydrogen-bond donors (Lipinski definition) is 7. The summed E-state index contributed by atoms with van der Waals surface area (Å²) in [6.45, 7) is 4.80. The predicted octanol–water partition coefficient (Wildman–Crippen LogP) is -1.95. The van der Waals surface area contributed by atoms with Crippen LogP contribution in [0.2, 0.25) is 0 Å². The first-order valence-electron chi connectivity index (χ1n) is 10.2. The molecule has 32 heavy (non-hydrogen) atoms. The molecule has 13 heteroatoms. The van der Waals surface area contributed by atoms with Crippen LogP contribution in [0.4, 0.5) is 0 Å². The summed E-state index contributed by atoms with van der Waals surface area (Å²) in [7, 11) is 0. The first kappa shape index (κ1) is 28.8. The highest BCUT2D eigenvalue weighted by Gasteiger charge is 2.31. The Morgan fingerprint density at radius 1 is 0.844 bits per heavy atom. The summed E-state index contributed by atoms with van der Waals surface area (Å²) >= 11 is 0. The molecule has 0 fully saturated rings. The number of rotatable bonds is 15. The Balaban J connectivity index is 5.13. The van der Waals surface area contributed by atoms with Gasteiger partial charge in [-0.1, -0.05) is 20.3 Å².